The van der Waals surface area contributed by atoms with Crippen LogP contribution in [0, 0.1) is 5.41 Å². The fraction of sp³-hybridized carbons (Fsp3) is 0.538. The maximum absolute atomic E-state index is 6.10. The molecule has 94 valence electrons. The summed E-state index contributed by atoms with van der Waals surface area (Å²) in [4.78, 5) is 0. The summed E-state index contributed by atoms with van der Waals surface area (Å²) in [6, 6.07) is 5.50. The van der Waals surface area contributed by atoms with Crippen LogP contribution in [0.3, 0.4) is 0 Å². The van der Waals surface area contributed by atoms with Crippen LogP contribution in [0.5, 0.6) is 5.75 Å². The van der Waals surface area contributed by atoms with Crippen LogP contribution in [0.4, 0.5) is 0 Å². The summed E-state index contributed by atoms with van der Waals surface area (Å²) in [6.07, 6.45) is 5.02. The van der Waals surface area contributed by atoms with E-state index in [0.717, 1.165) is 5.33 Å². The Morgan fingerprint density at radius 2 is 1.94 bits per heavy atom. The molecule has 0 radical (unpaired) electrons. The minimum atomic E-state index is 0.269. The minimum absolute atomic E-state index is 0.269. The zero-order valence-corrected chi connectivity index (χ0v) is 12.6. The normalized spacial score (nSPS) is 18.3. The zero-order chi connectivity index (χ0) is 12.3. The van der Waals surface area contributed by atoms with Crippen LogP contribution in [-0.2, 0) is 0 Å². The second kappa shape index (κ2) is 5.81. The average molecular weight is 338 g/mol. The summed E-state index contributed by atoms with van der Waals surface area (Å²) >= 11 is 15.7. The maximum Gasteiger partial charge on any atom is 0.139 e. The highest BCUT2D eigenvalue weighted by Gasteiger charge is 2.33. The number of hydrogen-bond acceptors (Lipinski definition) is 1. The first kappa shape index (κ1) is 13.5. The van der Waals surface area contributed by atoms with Crippen molar-refractivity contribution in [2.75, 3.05) is 11.9 Å². The van der Waals surface area contributed by atoms with Gasteiger partial charge >= 0.3 is 0 Å². The van der Waals surface area contributed by atoms with E-state index in [1.54, 1.807) is 6.07 Å². The molecule has 1 aromatic rings. The van der Waals surface area contributed by atoms with Crippen molar-refractivity contribution in [2.45, 2.75) is 25.7 Å². The number of hydrogen-bond donors (Lipinski definition) is 0. The smallest absolute Gasteiger partial charge is 0.139 e. The summed E-state index contributed by atoms with van der Waals surface area (Å²) in [5.41, 5.74) is 0.269. The summed E-state index contributed by atoms with van der Waals surface area (Å²) in [7, 11) is 0. The molecule has 0 spiro atoms. The predicted molar refractivity (Wildman–Crippen MR) is 76.7 cm³/mol. The second-order valence-electron chi connectivity index (χ2n) is 4.68. The van der Waals surface area contributed by atoms with Crippen molar-refractivity contribution in [1.82, 2.24) is 0 Å². The van der Waals surface area contributed by atoms with Crippen LogP contribution in [0.25, 0.3) is 0 Å². The molecule has 0 unspecified atom stereocenters. The van der Waals surface area contributed by atoms with Crippen molar-refractivity contribution < 1.29 is 4.74 Å². The number of halogens is 3. The third-order valence-corrected chi connectivity index (χ3v) is 5.39. The molecule has 0 atom stereocenters. The maximum atomic E-state index is 6.10. The summed E-state index contributed by atoms with van der Waals surface area (Å²) in [5.74, 6) is 0.686. The molecule has 0 aromatic heterocycles. The fourth-order valence-corrected chi connectivity index (χ4v) is 3.34. The standard InChI is InChI=1S/C13H15BrCl2O/c14-8-13(6-1-2-7-13)9-17-11-5-3-4-10(15)12(11)16/h3-5H,1-2,6-9H2. The SMILES string of the molecule is Clc1cccc(OCC2(CBr)CCCC2)c1Cl. The molecule has 4 heteroatoms. The van der Waals surface area contributed by atoms with Gasteiger partial charge in [0.15, 0.2) is 0 Å². The molecular formula is C13H15BrCl2O. The van der Waals surface area contributed by atoms with Crippen molar-refractivity contribution in [3.63, 3.8) is 0 Å². The van der Waals surface area contributed by atoms with E-state index in [-0.39, 0.29) is 5.41 Å². The highest BCUT2D eigenvalue weighted by molar-refractivity contribution is 9.09. The second-order valence-corrected chi connectivity index (χ2v) is 6.03. The minimum Gasteiger partial charge on any atom is -0.491 e. The molecular weight excluding hydrogens is 323 g/mol. The van der Waals surface area contributed by atoms with Gasteiger partial charge in [-0.3, -0.25) is 0 Å². The molecule has 2 rings (SSSR count). The molecule has 0 saturated heterocycles. The summed E-state index contributed by atoms with van der Waals surface area (Å²) in [6.45, 7) is 0.707. The lowest BCUT2D eigenvalue weighted by Gasteiger charge is -2.26. The molecule has 1 aliphatic carbocycles. The highest BCUT2D eigenvalue weighted by atomic mass is 79.9. The molecule has 1 saturated carbocycles. The van der Waals surface area contributed by atoms with Gasteiger partial charge in [-0.1, -0.05) is 58.0 Å². The van der Waals surface area contributed by atoms with Crippen molar-refractivity contribution in [2.24, 2.45) is 5.41 Å². The number of alkyl halides is 1. The van der Waals surface area contributed by atoms with E-state index >= 15 is 0 Å². The number of ether oxygens (including phenoxy) is 1. The Bertz CT molecular complexity index is 389. The average Bonchev–Trinajstić information content (AvgIpc) is 2.81. The molecule has 0 heterocycles. The van der Waals surface area contributed by atoms with Gasteiger partial charge < -0.3 is 4.74 Å². The zero-order valence-electron chi connectivity index (χ0n) is 9.52. The van der Waals surface area contributed by atoms with Gasteiger partial charge in [-0.15, -0.1) is 0 Å². The van der Waals surface area contributed by atoms with Gasteiger partial charge in [0.1, 0.15) is 10.8 Å². The van der Waals surface area contributed by atoms with Crippen LogP contribution in [0.1, 0.15) is 25.7 Å². The van der Waals surface area contributed by atoms with E-state index in [2.05, 4.69) is 15.9 Å². The van der Waals surface area contributed by atoms with Gasteiger partial charge in [0.05, 0.1) is 11.6 Å². The monoisotopic (exact) mass is 336 g/mol. The van der Waals surface area contributed by atoms with E-state index in [4.69, 9.17) is 27.9 Å². The summed E-state index contributed by atoms with van der Waals surface area (Å²) < 4.78 is 5.85. The molecule has 1 aromatic carbocycles. The lowest BCUT2D eigenvalue weighted by molar-refractivity contribution is 0.174. The highest BCUT2D eigenvalue weighted by Crippen LogP contribution is 2.41. The van der Waals surface area contributed by atoms with Gasteiger partial charge in [0.2, 0.25) is 0 Å². The van der Waals surface area contributed by atoms with E-state index in [1.807, 2.05) is 12.1 Å². The Balaban J connectivity index is 2.04. The fourth-order valence-electron chi connectivity index (χ4n) is 2.27. The van der Waals surface area contributed by atoms with Crippen molar-refractivity contribution in [3.05, 3.63) is 28.2 Å². The van der Waals surface area contributed by atoms with Crippen molar-refractivity contribution in [3.8, 4) is 5.75 Å². The molecule has 17 heavy (non-hydrogen) atoms. The Kier molecular flexibility index (Phi) is 4.62. The van der Waals surface area contributed by atoms with Crippen LogP contribution in [-0.4, -0.2) is 11.9 Å². The van der Waals surface area contributed by atoms with Gasteiger partial charge in [0.25, 0.3) is 0 Å². The first-order chi connectivity index (χ1) is 8.17. The van der Waals surface area contributed by atoms with Gasteiger partial charge in [-0.2, -0.15) is 0 Å². The molecule has 0 aliphatic heterocycles. The van der Waals surface area contributed by atoms with Crippen LogP contribution < -0.4 is 4.74 Å². The van der Waals surface area contributed by atoms with E-state index < -0.39 is 0 Å². The lowest BCUT2D eigenvalue weighted by atomic mass is 9.90. The first-order valence-electron chi connectivity index (χ1n) is 5.80. The molecule has 0 amide bonds. The molecule has 0 bridgehead atoms. The van der Waals surface area contributed by atoms with Gasteiger partial charge in [-0.05, 0) is 25.0 Å². The van der Waals surface area contributed by atoms with Gasteiger partial charge in [-0.25, -0.2) is 0 Å². The Morgan fingerprint density at radius 1 is 1.24 bits per heavy atom. The topological polar surface area (TPSA) is 9.23 Å². The number of benzene rings is 1. The van der Waals surface area contributed by atoms with Crippen LogP contribution in [0.2, 0.25) is 10.0 Å². The Hall–Kier alpha value is 0.0800. The summed E-state index contributed by atoms with van der Waals surface area (Å²) in [5, 5.41) is 2.04. The quantitative estimate of drug-likeness (QED) is 0.675. The Morgan fingerprint density at radius 3 is 2.59 bits per heavy atom. The molecule has 0 N–H and O–H groups in total. The van der Waals surface area contributed by atoms with Crippen molar-refractivity contribution >= 4 is 39.1 Å². The van der Waals surface area contributed by atoms with Crippen molar-refractivity contribution in [1.29, 1.82) is 0 Å². The van der Waals surface area contributed by atoms with E-state index in [0.29, 0.717) is 22.4 Å². The van der Waals surface area contributed by atoms with E-state index in [9.17, 15) is 0 Å². The van der Waals surface area contributed by atoms with E-state index in [1.165, 1.54) is 25.7 Å². The third-order valence-electron chi connectivity index (χ3n) is 3.40. The van der Waals surface area contributed by atoms with Crippen LogP contribution in [0.15, 0.2) is 18.2 Å². The van der Waals surface area contributed by atoms with Crippen LogP contribution >= 0.6 is 39.1 Å². The first-order valence-corrected chi connectivity index (χ1v) is 7.67. The lowest BCUT2D eigenvalue weighted by Crippen LogP contribution is -2.27. The molecule has 1 nitrogen and oxygen atoms in total. The van der Waals surface area contributed by atoms with Gasteiger partial charge in [0, 0.05) is 10.7 Å². The third kappa shape index (κ3) is 3.10. The molecule has 1 fully saturated rings. The number of rotatable bonds is 4. The Labute approximate surface area is 121 Å². The molecule has 1 aliphatic rings. The predicted octanol–water partition coefficient (Wildman–Crippen LogP) is 5.33. The largest absolute Gasteiger partial charge is 0.491 e.